The first-order chi connectivity index (χ1) is 14.4. The zero-order chi connectivity index (χ0) is 21.7. The molecule has 9 heteroatoms. The summed E-state index contributed by atoms with van der Waals surface area (Å²) in [4.78, 5) is 26.7. The normalized spacial score (nSPS) is 15.1. The number of nitrogens with zero attached hydrogens (tertiary/aromatic N) is 5. The number of halogens is 1. The van der Waals surface area contributed by atoms with Gasteiger partial charge >= 0.3 is 0 Å². The Morgan fingerprint density at radius 3 is 2.70 bits per heavy atom. The number of hydrogen-bond donors (Lipinski definition) is 1. The molecule has 0 saturated carbocycles. The van der Waals surface area contributed by atoms with Gasteiger partial charge in [-0.25, -0.2) is 0 Å². The zero-order valence-electron chi connectivity index (χ0n) is 17.8. The minimum absolute atomic E-state index is 0.0520. The predicted molar refractivity (Wildman–Crippen MR) is 116 cm³/mol. The molecule has 0 unspecified atom stereocenters. The number of carbonyl (C=O) groups excluding carboxylic acids is 2. The number of rotatable bonds is 7. The Bertz CT molecular complexity index is 924. The minimum Gasteiger partial charge on any atom is -0.349 e. The molecule has 0 aromatic carbocycles. The van der Waals surface area contributed by atoms with Gasteiger partial charge in [-0.05, 0) is 32.3 Å². The first kappa shape index (κ1) is 22.1. The number of unbranched alkanes of at least 4 members (excludes halogenated alkanes) is 1. The molecular weight excluding hydrogens is 404 g/mol. The van der Waals surface area contributed by atoms with Gasteiger partial charge in [0.2, 0.25) is 5.91 Å². The van der Waals surface area contributed by atoms with Gasteiger partial charge in [0.15, 0.2) is 0 Å². The molecule has 0 aliphatic carbocycles. The van der Waals surface area contributed by atoms with Crippen molar-refractivity contribution in [3.63, 3.8) is 0 Å². The summed E-state index contributed by atoms with van der Waals surface area (Å²) < 4.78 is 3.39. The van der Waals surface area contributed by atoms with E-state index in [-0.39, 0.29) is 17.9 Å². The highest BCUT2D eigenvalue weighted by Crippen LogP contribution is 2.22. The van der Waals surface area contributed by atoms with E-state index in [1.54, 1.807) is 45.9 Å². The summed E-state index contributed by atoms with van der Waals surface area (Å²) in [5.41, 5.74) is 2.15. The maximum atomic E-state index is 12.6. The fourth-order valence-corrected chi connectivity index (χ4v) is 3.85. The predicted octanol–water partition coefficient (Wildman–Crippen LogP) is 2.81. The van der Waals surface area contributed by atoms with Gasteiger partial charge in [-0.2, -0.15) is 10.2 Å². The number of likely N-dealkylation sites (tertiary alicyclic amines) is 1. The lowest BCUT2D eigenvalue weighted by atomic mass is 10.0. The summed E-state index contributed by atoms with van der Waals surface area (Å²) in [5, 5.41) is 12.1. The van der Waals surface area contributed by atoms with Crippen molar-refractivity contribution in [3.8, 4) is 0 Å². The summed E-state index contributed by atoms with van der Waals surface area (Å²) in [6, 6.07) is 0.0548. The number of piperidine rings is 1. The van der Waals surface area contributed by atoms with Gasteiger partial charge < -0.3 is 10.2 Å². The molecule has 1 aliphatic heterocycles. The molecule has 3 heterocycles. The molecule has 162 valence electrons. The molecule has 0 atom stereocenters. The van der Waals surface area contributed by atoms with Crippen LogP contribution < -0.4 is 5.32 Å². The Hall–Kier alpha value is -2.61. The van der Waals surface area contributed by atoms with Gasteiger partial charge in [0, 0.05) is 50.6 Å². The van der Waals surface area contributed by atoms with Crippen LogP contribution in [0.3, 0.4) is 0 Å². The van der Waals surface area contributed by atoms with Crippen LogP contribution in [0.1, 0.15) is 54.2 Å². The standard InChI is InChI=1S/C21H29ClN6O2/c1-4-5-10-28-20(22)18(15(2)25-28)6-7-19(29)27-11-8-17(9-12-27)24-21(30)16-13-23-26(3)14-16/h6-7,13-14,17H,4-5,8-12H2,1-3H3,(H,24,30)/b7-6+. The third-order valence-electron chi connectivity index (χ3n) is 5.33. The first-order valence-electron chi connectivity index (χ1n) is 10.4. The molecule has 1 aliphatic rings. The molecule has 30 heavy (non-hydrogen) atoms. The number of nitrogens with one attached hydrogen (secondary N) is 1. The molecule has 2 aromatic rings. The number of aryl methyl sites for hydroxylation is 3. The van der Waals surface area contributed by atoms with Crippen LogP contribution in [-0.4, -0.2) is 55.4 Å². The van der Waals surface area contributed by atoms with E-state index in [1.807, 2.05) is 6.92 Å². The van der Waals surface area contributed by atoms with Crippen LogP contribution in [0.4, 0.5) is 0 Å². The van der Waals surface area contributed by atoms with Crippen molar-refractivity contribution in [2.75, 3.05) is 13.1 Å². The number of carbonyl (C=O) groups is 2. The highest BCUT2D eigenvalue weighted by Gasteiger charge is 2.23. The van der Waals surface area contributed by atoms with Gasteiger partial charge in [0.05, 0.1) is 17.5 Å². The Balaban J connectivity index is 1.52. The van der Waals surface area contributed by atoms with E-state index in [0.717, 1.165) is 43.5 Å². The fourth-order valence-electron chi connectivity index (χ4n) is 3.52. The fraction of sp³-hybridized carbons (Fsp3) is 0.524. The molecule has 0 radical (unpaired) electrons. The summed E-state index contributed by atoms with van der Waals surface area (Å²) in [6.45, 7) is 6.00. The molecular formula is C21H29ClN6O2. The molecule has 1 saturated heterocycles. The molecule has 2 amide bonds. The third-order valence-corrected chi connectivity index (χ3v) is 5.73. The number of hydrogen-bond acceptors (Lipinski definition) is 4. The van der Waals surface area contributed by atoms with Crippen molar-refractivity contribution >= 4 is 29.5 Å². The maximum Gasteiger partial charge on any atom is 0.254 e. The van der Waals surface area contributed by atoms with E-state index >= 15 is 0 Å². The Labute approximate surface area is 181 Å². The van der Waals surface area contributed by atoms with Crippen LogP contribution >= 0.6 is 11.6 Å². The number of aromatic nitrogens is 4. The largest absolute Gasteiger partial charge is 0.349 e. The van der Waals surface area contributed by atoms with Gasteiger partial charge in [-0.15, -0.1) is 0 Å². The second-order valence-electron chi connectivity index (χ2n) is 7.68. The van der Waals surface area contributed by atoms with Crippen LogP contribution in [-0.2, 0) is 18.4 Å². The molecule has 0 bridgehead atoms. The van der Waals surface area contributed by atoms with E-state index in [9.17, 15) is 9.59 Å². The lowest BCUT2D eigenvalue weighted by molar-refractivity contribution is -0.126. The third kappa shape index (κ3) is 5.30. The summed E-state index contributed by atoms with van der Waals surface area (Å²) >= 11 is 6.43. The van der Waals surface area contributed by atoms with E-state index in [1.165, 1.54) is 0 Å². The van der Waals surface area contributed by atoms with Crippen molar-refractivity contribution in [1.29, 1.82) is 0 Å². The number of amides is 2. The van der Waals surface area contributed by atoms with Crippen molar-refractivity contribution < 1.29 is 9.59 Å². The molecule has 2 aromatic heterocycles. The van der Waals surface area contributed by atoms with Gasteiger partial charge in [0.1, 0.15) is 5.15 Å². The lowest BCUT2D eigenvalue weighted by Gasteiger charge is -2.31. The van der Waals surface area contributed by atoms with E-state index in [4.69, 9.17) is 11.6 Å². The molecule has 1 N–H and O–H groups in total. The quantitative estimate of drug-likeness (QED) is 0.682. The van der Waals surface area contributed by atoms with Gasteiger partial charge in [-0.3, -0.25) is 19.0 Å². The molecule has 1 fully saturated rings. The Morgan fingerprint density at radius 1 is 1.33 bits per heavy atom. The SMILES string of the molecule is CCCCn1nc(C)c(/C=C/C(=O)N2CCC(NC(=O)c3cnn(C)c3)CC2)c1Cl. The van der Waals surface area contributed by atoms with E-state index in [2.05, 4.69) is 22.4 Å². The highest BCUT2D eigenvalue weighted by molar-refractivity contribution is 6.31. The second-order valence-corrected chi connectivity index (χ2v) is 8.03. The topological polar surface area (TPSA) is 85.1 Å². The Morgan fingerprint density at radius 2 is 2.07 bits per heavy atom. The van der Waals surface area contributed by atoms with E-state index in [0.29, 0.717) is 23.8 Å². The van der Waals surface area contributed by atoms with Gasteiger partial charge in [-0.1, -0.05) is 24.9 Å². The van der Waals surface area contributed by atoms with E-state index < -0.39 is 0 Å². The molecule has 3 rings (SSSR count). The van der Waals surface area contributed by atoms with Crippen LogP contribution in [0.2, 0.25) is 5.15 Å². The second kappa shape index (κ2) is 9.93. The molecule has 8 nitrogen and oxygen atoms in total. The van der Waals surface area contributed by atoms with Crippen molar-refractivity contribution in [1.82, 2.24) is 29.8 Å². The van der Waals surface area contributed by atoms with Crippen LogP contribution in [0.15, 0.2) is 18.5 Å². The van der Waals surface area contributed by atoms with Crippen LogP contribution in [0, 0.1) is 6.92 Å². The van der Waals surface area contributed by atoms with Crippen molar-refractivity contribution in [2.24, 2.45) is 7.05 Å². The Kier molecular flexibility index (Phi) is 7.31. The van der Waals surface area contributed by atoms with Crippen LogP contribution in [0.25, 0.3) is 6.08 Å². The van der Waals surface area contributed by atoms with Crippen molar-refractivity contribution in [3.05, 3.63) is 40.4 Å². The van der Waals surface area contributed by atoms with Crippen molar-refractivity contribution in [2.45, 2.75) is 52.1 Å². The minimum atomic E-state index is -0.127. The van der Waals surface area contributed by atoms with Gasteiger partial charge in [0.25, 0.3) is 5.91 Å². The first-order valence-corrected chi connectivity index (χ1v) is 10.8. The average Bonchev–Trinajstić information content (AvgIpc) is 3.28. The highest BCUT2D eigenvalue weighted by atomic mass is 35.5. The maximum absolute atomic E-state index is 12.6. The summed E-state index contributed by atoms with van der Waals surface area (Å²) in [7, 11) is 1.78. The summed E-state index contributed by atoms with van der Waals surface area (Å²) in [5.74, 6) is -0.179. The smallest absolute Gasteiger partial charge is 0.254 e. The lowest BCUT2D eigenvalue weighted by Crippen LogP contribution is -2.46. The zero-order valence-corrected chi connectivity index (χ0v) is 18.5. The average molecular weight is 433 g/mol. The monoisotopic (exact) mass is 432 g/mol. The van der Waals surface area contributed by atoms with Crippen LogP contribution in [0.5, 0.6) is 0 Å². The summed E-state index contributed by atoms with van der Waals surface area (Å²) in [6.07, 6.45) is 10.1. The molecule has 0 spiro atoms.